The summed E-state index contributed by atoms with van der Waals surface area (Å²) in [6.07, 6.45) is 1.93. The second-order valence-corrected chi connectivity index (χ2v) is 7.07. The van der Waals surface area contributed by atoms with Gasteiger partial charge in [0.25, 0.3) is 0 Å². The van der Waals surface area contributed by atoms with E-state index in [9.17, 15) is 0 Å². The minimum absolute atomic E-state index is 0.486. The van der Waals surface area contributed by atoms with Crippen LogP contribution in [0.1, 0.15) is 56.4 Å². The average molecular weight is 333 g/mol. The van der Waals surface area contributed by atoms with Gasteiger partial charge in [0.15, 0.2) is 0 Å². The standard InChI is InChI=1S/C22H27N3/c1-15(2)18-9-6-10-19(16(3)4)22(18)24-14-17-8-5-11-21(25-17)20-12-7-13-23-20/h5-13,15-16,23-24H,14H2,1-4H3. The van der Waals surface area contributed by atoms with Crippen LogP contribution in [0.15, 0.2) is 54.7 Å². The molecule has 0 amide bonds. The van der Waals surface area contributed by atoms with Crippen LogP contribution in [-0.4, -0.2) is 9.97 Å². The Bertz CT molecular complexity index is 791. The highest BCUT2D eigenvalue weighted by molar-refractivity contribution is 5.60. The summed E-state index contributed by atoms with van der Waals surface area (Å²) in [7, 11) is 0. The van der Waals surface area contributed by atoms with Gasteiger partial charge in [-0.2, -0.15) is 0 Å². The molecule has 0 aliphatic rings. The van der Waals surface area contributed by atoms with Crippen molar-refractivity contribution in [3.63, 3.8) is 0 Å². The van der Waals surface area contributed by atoms with Crippen molar-refractivity contribution in [1.82, 2.24) is 9.97 Å². The van der Waals surface area contributed by atoms with Crippen LogP contribution in [0.4, 0.5) is 5.69 Å². The van der Waals surface area contributed by atoms with Crippen LogP contribution in [0.2, 0.25) is 0 Å². The van der Waals surface area contributed by atoms with Crippen LogP contribution in [0, 0.1) is 0 Å². The Hall–Kier alpha value is -2.55. The summed E-state index contributed by atoms with van der Waals surface area (Å²) in [5, 5.41) is 3.66. The van der Waals surface area contributed by atoms with Gasteiger partial charge in [-0.1, -0.05) is 52.0 Å². The summed E-state index contributed by atoms with van der Waals surface area (Å²) in [4.78, 5) is 8.01. The van der Waals surface area contributed by atoms with E-state index in [4.69, 9.17) is 4.98 Å². The third-order valence-electron chi connectivity index (χ3n) is 4.50. The second-order valence-electron chi connectivity index (χ2n) is 7.07. The first kappa shape index (κ1) is 17.3. The van der Waals surface area contributed by atoms with Crippen molar-refractivity contribution >= 4 is 5.69 Å². The molecule has 0 fully saturated rings. The number of aromatic nitrogens is 2. The fraction of sp³-hybridized carbons (Fsp3) is 0.318. The van der Waals surface area contributed by atoms with Gasteiger partial charge < -0.3 is 10.3 Å². The molecular weight excluding hydrogens is 306 g/mol. The molecule has 2 N–H and O–H groups in total. The Morgan fingerprint density at radius 3 is 2.16 bits per heavy atom. The Kier molecular flexibility index (Phi) is 5.22. The fourth-order valence-corrected chi connectivity index (χ4v) is 3.15. The predicted molar refractivity (Wildman–Crippen MR) is 106 cm³/mol. The normalized spacial score (nSPS) is 11.3. The molecular formula is C22H27N3. The quantitative estimate of drug-likeness (QED) is 0.586. The molecule has 0 saturated heterocycles. The Morgan fingerprint density at radius 2 is 1.56 bits per heavy atom. The molecule has 2 heterocycles. The highest BCUT2D eigenvalue weighted by Crippen LogP contribution is 2.32. The van der Waals surface area contributed by atoms with Gasteiger partial charge in [-0.05, 0) is 47.2 Å². The largest absolute Gasteiger partial charge is 0.379 e. The Morgan fingerprint density at radius 1 is 0.880 bits per heavy atom. The van der Waals surface area contributed by atoms with E-state index >= 15 is 0 Å². The summed E-state index contributed by atoms with van der Waals surface area (Å²) in [6.45, 7) is 9.70. The molecule has 25 heavy (non-hydrogen) atoms. The number of pyridine rings is 1. The van der Waals surface area contributed by atoms with Crippen molar-refractivity contribution in [2.75, 3.05) is 5.32 Å². The maximum absolute atomic E-state index is 4.79. The van der Waals surface area contributed by atoms with Gasteiger partial charge >= 0.3 is 0 Å². The van der Waals surface area contributed by atoms with Gasteiger partial charge in [-0.15, -0.1) is 0 Å². The van der Waals surface area contributed by atoms with E-state index in [1.165, 1.54) is 16.8 Å². The van der Waals surface area contributed by atoms with E-state index in [0.29, 0.717) is 11.8 Å². The van der Waals surface area contributed by atoms with Crippen molar-refractivity contribution in [3.05, 3.63) is 71.5 Å². The lowest BCUT2D eigenvalue weighted by molar-refractivity contribution is 0.831. The van der Waals surface area contributed by atoms with Gasteiger partial charge in [-0.3, -0.25) is 0 Å². The van der Waals surface area contributed by atoms with E-state index < -0.39 is 0 Å². The van der Waals surface area contributed by atoms with E-state index in [1.807, 2.05) is 24.4 Å². The fourth-order valence-electron chi connectivity index (χ4n) is 3.15. The van der Waals surface area contributed by atoms with Crippen LogP contribution in [0.3, 0.4) is 0 Å². The number of hydrogen-bond donors (Lipinski definition) is 2. The molecule has 2 aromatic heterocycles. The van der Waals surface area contributed by atoms with Crippen LogP contribution < -0.4 is 5.32 Å². The van der Waals surface area contributed by atoms with Crippen molar-refractivity contribution in [1.29, 1.82) is 0 Å². The maximum atomic E-state index is 4.79. The number of aromatic amines is 1. The molecule has 0 bridgehead atoms. The number of rotatable bonds is 6. The first-order chi connectivity index (χ1) is 12.1. The molecule has 3 heteroatoms. The van der Waals surface area contributed by atoms with Crippen molar-refractivity contribution in [2.45, 2.75) is 46.1 Å². The zero-order valence-corrected chi connectivity index (χ0v) is 15.5. The highest BCUT2D eigenvalue weighted by Gasteiger charge is 2.13. The monoisotopic (exact) mass is 333 g/mol. The van der Waals surface area contributed by atoms with E-state index in [2.05, 4.69) is 68.3 Å². The first-order valence-corrected chi connectivity index (χ1v) is 9.02. The van der Waals surface area contributed by atoms with E-state index in [1.54, 1.807) is 0 Å². The zero-order valence-electron chi connectivity index (χ0n) is 15.5. The summed E-state index contributed by atoms with van der Waals surface area (Å²) in [6, 6.07) is 16.8. The number of para-hydroxylation sites is 1. The third-order valence-corrected chi connectivity index (χ3v) is 4.50. The van der Waals surface area contributed by atoms with Gasteiger partial charge in [-0.25, -0.2) is 4.98 Å². The summed E-state index contributed by atoms with van der Waals surface area (Å²) >= 11 is 0. The lowest BCUT2D eigenvalue weighted by atomic mass is 9.92. The second kappa shape index (κ2) is 7.56. The van der Waals surface area contributed by atoms with E-state index in [0.717, 1.165) is 23.6 Å². The molecule has 3 aromatic rings. The Balaban J connectivity index is 1.86. The Labute approximate surface area is 150 Å². The molecule has 0 radical (unpaired) electrons. The van der Waals surface area contributed by atoms with Crippen molar-refractivity contribution < 1.29 is 0 Å². The summed E-state index contributed by atoms with van der Waals surface area (Å²) in [5.41, 5.74) is 7.07. The summed E-state index contributed by atoms with van der Waals surface area (Å²) in [5.74, 6) is 0.971. The minimum Gasteiger partial charge on any atom is -0.379 e. The number of nitrogens with zero attached hydrogens (tertiary/aromatic N) is 1. The minimum atomic E-state index is 0.486. The lowest BCUT2D eigenvalue weighted by Gasteiger charge is -2.21. The molecule has 0 atom stereocenters. The van der Waals surface area contributed by atoms with Gasteiger partial charge in [0, 0.05) is 11.9 Å². The van der Waals surface area contributed by atoms with E-state index in [-0.39, 0.29) is 0 Å². The summed E-state index contributed by atoms with van der Waals surface area (Å²) < 4.78 is 0. The average Bonchev–Trinajstić information content (AvgIpc) is 3.14. The predicted octanol–water partition coefficient (Wildman–Crippen LogP) is 5.94. The molecule has 0 unspecified atom stereocenters. The van der Waals surface area contributed by atoms with Gasteiger partial charge in [0.05, 0.1) is 23.6 Å². The smallest absolute Gasteiger partial charge is 0.0868 e. The topological polar surface area (TPSA) is 40.7 Å². The highest BCUT2D eigenvalue weighted by atomic mass is 14.9. The molecule has 0 aliphatic heterocycles. The number of hydrogen-bond acceptors (Lipinski definition) is 2. The van der Waals surface area contributed by atoms with Crippen molar-refractivity contribution in [2.24, 2.45) is 0 Å². The molecule has 0 aliphatic carbocycles. The van der Waals surface area contributed by atoms with Crippen LogP contribution >= 0.6 is 0 Å². The number of benzene rings is 1. The third kappa shape index (κ3) is 3.93. The molecule has 130 valence electrons. The van der Waals surface area contributed by atoms with Gasteiger partial charge in [0.1, 0.15) is 0 Å². The van der Waals surface area contributed by atoms with Crippen LogP contribution in [0.25, 0.3) is 11.4 Å². The number of nitrogens with one attached hydrogen (secondary N) is 2. The van der Waals surface area contributed by atoms with Crippen LogP contribution in [-0.2, 0) is 6.54 Å². The number of H-pyrrole nitrogens is 1. The molecule has 1 aromatic carbocycles. The zero-order chi connectivity index (χ0) is 17.8. The number of anilines is 1. The lowest BCUT2D eigenvalue weighted by Crippen LogP contribution is -2.08. The first-order valence-electron chi connectivity index (χ1n) is 9.02. The maximum Gasteiger partial charge on any atom is 0.0868 e. The van der Waals surface area contributed by atoms with Crippen LogP contribution in [0.5, 0.6) is 0 Å². The molecule has 3 rings (SSSR count). The van der Waals surface area contributed by atoms with Crippen molar-refractivity contribution in [3.8, 4) is 11.4 Å². The molecule has 0 saturated carbocycles. The molecule has 0 spiro atoms. The molecule has 3 nitrogen and oxygen atoms in total. The van der Waals surface area contributed by atoms with Gasteiger partial charge in [0.2, 0.25) is 0 Å². The SMILES string of the molecule is CC(C)c1cccc(C(C)C)c1NCc1cccc(-c2ccc[nH]2)n1.